The van der Waals surface area contributed by atoms with E-state index in [0.717, 1.165) is 58.8 Å². The zero-order valence-electron chi connectivity index (χ0n) is 23.6. The number of nitrogens with zero attached hydrogens (tertiary/aromatic N) is 2. The third-order valence-corrected chi connectivity index (χ3v) is 8.65. The molecule has 3 aromatic carbocycles. The fourth-order valence-corrected chi connectivity index (χ4v) is 6.39. The van der Waals surface area contributed by atoms with Gasteiger partial charge in [0.15, 0.2) is 0 Å². The van der Waals surface area contributed by atoms with Gasteiger partial charge in [-0.3, -0.25) is 9.78 Å². The predicted molar refractivity (Wildman–Crippen MR) is 165 cm³/mol. The molecule has 0 aliphatic carbocycles. The van der Waals surface area contributed by atoms with Crippen molar-refractivity contribution in [3.8, 4) is 11.1 Å². The number of amides is 1. The molecule has 214 valence electrons. The molecule has 4 aromatic rings. The molecule has 41 heavy (non-hydrogen) atoms. The number of hydrogen-bond acceptors (Lipinski definition) is 5. The number of nitrogens with two attached hydrogens (primary N) is 1. The lowest BCUT2D eigenvalue weighted by molar-refractivity contribution is -0.0574. The third-order valence-electron chi connectivity index (χ3n) is 8.34. The molecule has 0 saturated carbocycles. The van der Waals surface area contributed by atoms with E-state index in [1.165, 1.54) is 0 Å². The average Bonchev–Trinajstić information content (AvgIpc) is 3.02. The van der Waals surface area contributed by atoms with Crippen LogP contribution in [0.4, 0.5) is 0 Å². The van der Waals surface area contributed by atoms with Crippen LogP contribution >= 0.6 is 11.6 Å². The Kier molecular flexibility index (Phi) is 9.35. The maximum atomic E-state index is 13.5. The summed E-state index contributed by atoms with van der Waals surface area (Å²) >= 11 is 6.90. The van der Waals surface area contributed by atoms with E-state index in [1.54, 1.807) is 7.11 Å². The van der Waals surface area contributed by atoms with E-state index in [0.29, 0.717) is 43.2 Å². The van der Waals surface area contributed by atoms with Gasteiger partial charge < -0.3 is 20.5 Å². The topological polar surface area (TPSA) is 88.7 Å². The molecule has 0 spiro atoms. The van der Waals surface area contributed by atoms with E-state index in [2.05, 4.69) is 11.1 Å². The Bertz CT molecular complexity index is 1490. The number of carbonyl (C=O) groups excluding carboxylic acids is 1. The highest BCUT2D eigenvalue weighted by atomic mass is 35.5. The molecule has 1 aliphatic heterocycles. The van der Waals surface area contributed by atoms with Crippen LogP contribution in [0.25, 0.3) is 22.0 Å². The molecule has 2 heterocycles. The summed E-state index contributed by atoms with van der Waals surface area (Å²) in [5, 5.41) is 14.3. The minimum Gasteiger partial charge on any atom is -0.385 e. The number of pyridine rings is 1. The molecule has 2 atom stereocenters. The number of benzene rings is 3. The molecular formula is C34H38ClN3O3. The molecule has 1 aromatic heterocycles. The van der Waals surface area contributed by atoms with Crippen LogP contribution in [0.2, 0.25) is 5.02 Å². The number of aromatic nitrogens is 1. The molecule has 1 amide bonds. The van der Waals surface area contributed by atoms with Crippen LogP contribution in [-0.4, -0.2) is 47.7 Å². The normalized spacial score (nSPS) is 17.0. The summed E-state index contributed by atoms with van der Waals surface area (Å²) in [5.74, 6) is -0.193. The van der Waals surface area contributed by atoms with Crippen LogP contribution in [0, 0.1) is 5.92 Å². The average molecular weight is 572 g/mol. The second-order valence-electron chi connectivity index (χ2n) is 10.9. The molecule has 1 aliphatic rings. The lowest BCUT2D eigenvalue weighted by Crippen LogP contribution is -2.48. The Morgan fingerprint density at radius 2 is 1.93 bits per heavy atom. The number of likely N-dealkylation sites (tertiary alicyclic amines) is 1. The Labute approximate surface area is 247 Å². The van der Waals surface area contributed by atoms with Crippen molar-refractivity contribution < 1.29 is 14.6 Å². The van der Waals surface area contributed by atoms with Crippen LogP contribution in [0.5, 0.6) is 0 Å². The SMILES string of the molecule is COCCCCC(O)(c1cccc(Cl)c1-c1cnc2ccccc2c1)C1CCCN(C(=O)c2ccc(CN)cc2)C1. The van der Waals surface area contributed by atoms with E-state index in [9.17, 15) is 9.90 Å². The van der Waals surface area contributed by atoms with E-state index in [4.69, 9.17) is 22.1 Å². The van der Waals surface area contributed by atoms with Gasteiger partial charge in [0.1, 0.15) is 0 Å². The van der Waals surface area contributed by atoms with Gasteiger partial charge in [0, 0.05) is 72.6 Å². The largest absolute Gasteiger partial charge is 0.385 e. The van der Waals surface area contributed by atoms with Gasteiger partial charge >= 0.3 is 0 Å². The molecule has 3 N–H and O–H groups in total. The third kappa shape index (κ3) is 6.31. The second-order valence-corrected chi connectivity index (χ2v) is 11.4. The lowest BCUT2D eigenvalue weighted by Gasteiger charge is -2.44. The number of methoxy groups -OCH3 is 1. The minimum atomic E-state index is -1.21. The molecule has 5 rings (SSSR count). The van der Waals surface area contributed by atoms with Crippen molar-refractivity contribution in [1.82, 2.24) is 9.88 Å². The monoisotopic (exact) mass is 571 g/mol. The molecule has 0 radical (unpaired) electrons. The van der Waals surface area contributed by atoms with E-state index in [1.807, 2.05) is 77.8 Å². The van der Waals surface area contributed by atoms with E-state index >= 15 is 0 Å². The lowest BCUT2D eigenvalue weighted by atomic mass is 9.72. The number of ether oxygens (including phenoxy) is 1. The summed E-state index contributed by atoms with van der Waals surface area (Å²) < 4.78 is 5.30. The maximum Gasteiger partial charge on any atom is 0.253 e. The number of carbonyl (C=O) groups is 1. The van der Waals surface area contributed by atoms with Crippen molar-refractivity contribution in [3.63, 3.8) is 0 Å². The van der Waals surface area contributed by atoms with Gasteiger partial charge in [-0.25, -0.2) is 0 Å². The van der Waals surface area contributed by atoms with Gasteiger partial charge in [-0.15, -0.1) is 0 Å². The summed E-state index contributed by atoms with van der Waals surface area (Å²) in [5.41, 5.74) is 9.51. The standard InChI is InChI=1S/C34H38ClN3O3/c1-41-19-5-4-17-34(40,28-9-7-18-38(23-28)33(39)25-15-13-24(21-36)14-16-25)29-10-6-11-30(35)32(29)27-20-26-8-2-3-12-31(26)37-22-27/h2-3,6,8,10-16,20,22,28,40H,4-5,7,9,17-19,21,23,36H2,1H3. The molecule has 2 unspecified atom stereocenters. The van der Waals surface area contributed by atoms with Gasteiger partial charge in [0.25, 0.3) is 5.91 Å². The first kappa shape index (κ1) is 29.2. The smallest absolute Gasteiger partial charge is 0.253 e. The van der Waals surface area contributed by atoms with Crippen molar-refractivity contribution in [2.24, 2.45) is 11.7 Å². The zero-order valence-corrected chi connectivity index (χ0v) is 24.3. The number of unbranched alkanes of at least 4 members (excludes halogenated alkanes) is 1. The zero-order chi connectivity index (χ0) is 28.8. The number of rotatable bonds is 10. The highest BCUT2D eigenvalue weighted by Gasteiger charge is 2.43. The molecule has 7 heteroatoms. The highest BCUT2D eigenvalue weighted by molar-refractivity contribution is 6.33. The Hall–Kier alpha value is -3.29. The van der Waals surface area contributed by atoms with Crippen LogP contribution in [0.1, 0.15) is 53.6 Å². The summed E-state index contributed by atoms with van der Waals surface area (Å²) in [6.07, 6.45) is 5.58. The van der Waals surface area contributed by atoms with Crippen molar-refractivity contribution in [3.05, 3.63) is 101 Å². The predicted octanol–water partition coefficient (Wildman–Crippen LogP) is 6.57. The van der Waals surface area contributed by atoms with E-state index in [-0.39, 0.29) is 11.8 Å². The van der Waals surface area contributed by atoms with Crippen molar-refractivity contribution >= 4 is 28.4 Å². The first-order valence-electron chi connectivity index (χ1n) is 14.4. The number of aliphatic hydroxyl groups is 1. The number of para-hydroxylation sites is 1. The molecule has 1 fully saturated rings. The van der Waals surface area contributed by atoms with Gasteiger partial charge in [-0.2, -0.15) is 0 Å². The summed E-state index contributed by atoms with van der Waals surface area (Å²) in [7, 11) is 1.69. The van der Waals surface area contributed by atoms with Gasteiger partial charge in [-0.1, -0.05) is 54.1 Å². The number of piperidine rings is 1. The molecule has 1 saturated heterocycles. The fraction of sp³-hybridized carbons (Fsp3) is 0.353. The molecular weight excluding hydrogens is 534 g/mol. The first-order valence-corrected chi connectivity index (χ1v) is 14.8. The number of halogens is 1. The minimum absolute atomic E-state index is 0.0231. The Balaban J connectivity index is 1.52. The van der Waals surface area contributed by atoms with Crippen molar-refractivity contribution in [1.29, 1.82) is 0 Å². The highest BCUT2D eigenvalue weighted by Crippen LogP contribution is 2.46. The van der Waals surface area contributed by atoms with Crippen molar-refractivity contribution in [2.45, 2.75) is 44.2 Å². The quantitative estimate of drug-likeness (QED) is 0.210. The van der Waals surface area contributed by atoms with Crippen LogP contribution < -0.4 is 5.73 Å². The van der Waals surface area contributed by atoms with Gasteiger partial charge in [0.05, 0.1) is 11.1 Å². The van der Waals surface area contributed by atoms with Crippen LogP contribution in [0.15, 0.2) is 79.0 Å². The van der Waals surface area contributed by atoms with Crippen LogP contribution in [0.3, 0.4) is 0 Å². The van der Waals surface area contributed by atoms with E-state index < -0.39 is 5.60 Å². The first-order chi connectivity index (χ1) is 19.9. The maximum absolute atomic E-state index is 13.5. The summed E-state index contributed by atoms with van der Waals surface area (Å²) in [4.78, 5) is 20.1. The summed E-state index contributed by atoms with van der Waals surface area (Å²) in [6, 6.07) is 23.3. The second kappa shape index (κ2) is 13.1. The number of hydrogen-bond donors (Lipinski definition) is 2. The van der Waals surface area contributed by atoms with Crippen LogP contribution in [-0.2, 0) is 16.9 Å². The molecule has 6 nitrogen and oxygen atoms in total. The molecule has 0 bridgehead atoms. The Morgan fingerprint density at radius 1 is 1.12 bits per heavy atom. The Morgan fingerprint density at radius 3 is 2.71 bits per heavy atom. The number of fused-ring (bicyclic) bond motifs is 1. The van der Waals surface area contributed by atoms with Crippen molar-refractivity contribution in [2.75, 3.05) is 26.8 Å². The fourth-order valence-electron chi connectivity index (χ4n) is 6.10. The van der Waals surface area contributed by atoms with Gasteiger partial charge in [0.2, 0.25) is 0 Å². The van der Waals surface area contributed by atoms with Gasteiger partial charge in [-0.05, 0) is 73.6 Å². The summed E-state index contributed by atoms with van der Waals surface area (Å²) in [6.45, 7) is 2.18.